The van der Waals surface area contributed by atoms with Gasteiger partial charge in [0.2, 0.25) is 5.91 Å². The van der Waals surface area contributed by atoms with Gasteiger partial charge in [-0.1, -0.05) is 63.4 Å². The summed E-state index contributed by atoms with van der Waals surface area (Å²) in [6, 6.07) is 46.7. The van der Waals surface area contributed by atoms with E-state index in [2.05, 4.69) is 30.6 Å². The Bertz CT molecular complexity index is 3890. The Balaban J connectivity index is 0.000000271. The van der Waals surface area contributed by atoms with Gasteiger partial charge >= 0.3 is 11.9 Å². The quantitative estimate of drug-likeness (QED) is 0.0105. The van der Waals surface area contributed by atoms with Gasteiger partial charge < -0.3 is 34.6 Å². The molecule has 2 unspecified atom stereocenters. The fourth-order valence-electron chi connectivity index (χ4n) is 10.3. The Labute approximate surface area is 664 Å². The molecule has 4 aromatic carbocycles. The number of aromatic nitrogens is 3. The van der Waals surface area contributed by atoms with Gasteiger partial charge in [-0.15, -0.1) is 0 Å². The van der Waals surface area contributed by atoms with Crippen molar-refractivity contribution in [3.05, 3.63) is 193 Å². The zero-order valence-electron chi connectivity index (χ0n) is 62.9. The van der Waals surface area contributed by atoms with Gasteiger partial charge in [0.25, 0.3) is 0 Å². The number of carbonyl (C=O) groups is 8. The second-order valence-electron chi connectivity index (χ2n) is 24.9. The molecular weight excluding hydrogens is 1500 g/mol. The SMILES string of the molecule is C/C(=N\N(C)C(=O)C1CCCCC1C(=O)O)c1ccc(OCCCC(=O)CCCSSc2ccccn2)cc1.CC(=O)c1ccc(OCCCC(=O)CCCSSc2ccccn2)cc1.CC(=O)c1ccc(OCCCC(=O)O)cc1.CN/N=C(\C)c1ccc(OCCCC(=O)CCCSSc2ccccn2)cc1. The van der Waals surface area contributed by atoms with E-state index in [0.29, 0.717) is 131 Å². The molecule has 0 saturated heterocycles. The Morgan fingerprint density at radius 3 is 1.06 bits per heavy atom. The number of Topliss-reactive ketones (excluding diaryl/α,β-unsaturated/α-hetero) is 5. The van der Waals surface area contributed by atoms with Crippen LogP contribution in [0.15, 0.2) is 196 Å². The highest BCUT2D eigenvalue weighted by molar-refractivity contribution is 8.77. The molecule has 1 fully saturated rings. The number of benzene rings is 4. The maximum Gasteiger partial charge on any atom is 0.307 e. The molecular formula is C82H101N7O14S6. The van der Waals surface area contributed by atoms with E-state index in [1.165, 1.54) is 18.9 Å². The zero-order chi connectivity index (χ0) is 78.6. The number of carboxylic acids is 2. The Morgan fingerprint density at radius 1 is 0.431 bits per heavy atom. The van der Waals surface area contributed by atoms with Crippen LogP contribution in [0.1, 0.15) is 175 Å². The highest BCUT2D eigenvalue weighted by Gasteiger charge is 2.37. The largest absolute Gasteiger partial charge is 0.494 e. The molecule has 7 aromatic rings. The lowest BCUT2D eigenvalue weighted by Gasteiger charge is -2.29. The number of aliphatic carboxylic acids is 2. The Morgan fingerprint density at radius 2 is 0.752 bits per heavy atom. The number of ketones is 5. The van der Waals surface area contributed by atoms with Gasteiger partial charge in [0.1, 0.15) is 55.4 Å². The molecule has 3 N–H and O–H groups in total. The van der Waals surface area contributed by atoms with Crippen LogP contribution in [-0.2, 0) is 28.8 Å². The molecule has 1 aliphatic carbocycles. The molecule has 21 nitrogen and oxygen atoms in total. The summed E-state index contributed by atoms with van der Waals surface area (Å²) in [5.74, 6) is 3.43. The number of rotatable bonds is 46. The summed E-state index contributed by atoms with van der Waals surface area (Å²) in [5.41, 5.74) is 7.57. The topological polar surface area (TPSA) is 293 Å². The number of carboxylic acid groups (broad SMARTS) is 2. The van der Waals surface area contributed by atoms with Crippen LogP contribution in [0.25, 0.3) is 0 Å². The van der Waals surface area contributed by atoms with Crippen LogP contribution in [0, 0.1) is 11.8 Å². The lowest BCUT2D eigenvalue weighted by Crippen LogP contribution is -2.39. The number of hydrazone groups is 2. The minimum Gasteiger partial charge on any atom is -0.494 e. The molecule has 109 heavy (non-hydrogen) atoms. The molecule has 3 heterocycles. The van der Waals surface area contributed by atoms with E-state index in [4.69, 9.17) is 24.1 Å². The molecule has 8 rings (SSSR count). The number of hydrogen-bond acceptors (Lipinski definition) is 24. The summed E-state index contributed by atoms with van der Waals surface area (Å²) in [5, 5.41) is 30.7. The average Bonchev–Trinajstić information content (AvgIpc) is 0.833. The molecule has 0 aliphatic heterocycles. The standard InChI is InChI=1S/C29H37N3O5S2.C21H27N3O2S2.C20H23NO3S2.C12H14O4/c1-21(31-32(2)28(34)25-11-3-4-12-26(25)29(35)36)22-14-16-24(17-15-22)37-19-7-9-23(33)10-8-20-38-39-27-13-5-6-18-30-27;1-17(24-22-2)18-10-12-20(13-11-18)26-15-5-7-19(25)8-6-16-27-28-21-9-3-4-14-23-21;1-16(22)17-9-11-19(12-10-17)24-14-4-6-18(23)7-5-15-25-26-20-8-2-3-13-21-20;1-9(13)10-4-6-11(7-5-10)16-8-2-3-12(14)15/h5-6,13-18,25-26H,3-4,7-12,19-20H2,1-2H3,(H,35,36);3-4,9-14,22H,5-8,15-16H2,1-2H3;2-3,8-13H,4-7,14-15H2,1H3;4-7H,2-3,8H2,1H3,(H,14,15)/b31-21+;24-17+;;. The molecule has 27 heteroatoms. The molecule has 3 aromatic heterocycles. The van der Waals surface area contributed by atoms with Gasteiger partial charge in [0.15, 0.2) is 11.6 Å². The summed E-state index contributed by atoms with van der Waals surface area (Å²) >= 11 is 0. The van der Waals surface area contributed by atoms with Crippen molar-refractivity contribution < 1.29 is 67.5 Å². The van der Waals surface area contributed by atoms with Crippen LogP contribution in [-0.4, -0.2) is 146 Å². The number of ether oxygens (including phenoxy) is 4. The van der Waals surface area contributed by atoms with Crippen molar-refractivity contribution in [3.63, 3.8) is 0 Å². The van der Waals surface area contributed by atoms with Crippen molar-refractivity contribution in [2.24, 2.45) is 22.0 Å². The number of pyridine rings is 3. The lowest BCUT2D eigenvalue weighted by atomic mass is 9.78. The first-order valence-electron chi connectivity index (χ1n) is 36.4. The maximum atomic E-state index is 12.9. The van der Waals surface area contributed by atoms with Crippen LogP contribution in [0.5, 0.6) is 23.0 Å². The van der Waals surface area contributed by atoms with Gasteiger partial charge in [0, 0.05) is 106 Å². The summed E-state index contributed by atoms with van der Waals surface area (Å²) in [6.07, 6.45) is 17.0. The van der Waals surface area contributed by atoms with E-state index in [9.17, 15) is 43.5 Å². The van der Waals surface area contributed by atoms with Gasteiger partial charge in [-0.25, -0.2) is 20.0 Å². The van der Waals surface area contributed by atoms with E-state index in [1.54, 1.807) is 146 Å². The summed E-state index contributed by atoms with van der Waals surface area (Å²) in [6.45, 7) is 8.70. The van der Waals surface area contributed by atoms with Crippen molar-refractivity contribution >= 4 is 123 Å². The first-order valence-corrected chi connectivity index (χ1v) is 43.3. The highest BCUT2D eigenvalue weighted by Crippen LogP contribution is 2.34. The predicted octanol–water partition coefficient (Wildman–Crippen LogP) is 18.4. The molecule has 1 saturated carbocycles. The maximum absolute atomic E-state index is 12.9. The van der Waals surface area contributed by atoms with Crippen LogP contribution in [0.4, 0.5) is 0 Å². The molecule has 584 valence electrons. The number of hydrogen-bond donors (Lipinski definition) is 3. The molecule has 1 amide bonds. The van der Waals surface area contributed by atoms with E-state index in [-0.39, 0.29) is 35.5 Å². The second kappa shape index (κ2) is 55.0. The van der Waals surface area contributed by atoms with Crippen LogP contribution in [0.3, 0.4) is 0 Å². The van der Waals surface area contributed by atoms with Crippen LogP contribution < -0.4 is 24.4 Å². The van der Waals surface area contributed by atoms with Gasteiger partial charge in [-0.2, -0.15) is 10.2 Å². The first kappa shape index (κ1) is 91.1. The van der Waals surface area contributed by atoms with Crippen molar-refractivity contribution in [1.29, 1.82) is 0 Å². The van der Waals surface area contributed by atoms with E-state index in [1.807, 2.05) is 117 Å². The summed E-state index contributed by atoms with van der Waals surface area (Å²) in [7, 11) is 13.5. The molecule has 0 radical (unpaired) electrons. The number of carbonyl (C=O) groups excluding carboxylic acids is 6. The fraction of sp³-hybridized carbons (Fsp3) is 0.402. The molecule has 2 atom stereocenters. The zero-order valence-corrected chi connectivity index (χ0v) is 67.8. The fourth-order valence-corrected chi connectivity index (χ4v) is 16.2. The minimum atomic E-state index is -0.909. The monoisotopic (exact) mass is 1600 g/mol. The third-order valence-corrected chi connectivity index (χ3v) is 23.2. The van der Waals surface area contributed by atoms with E-state index in [0.717, 1.165) is 99.2 Å². The Kier molecular flexibility index (Phi) is 46.0. The van der Waals surface area contributed by atoms with Gasteiger partial charge in [-0.3, -0.25) is 38.4 Å². The van der Waals surface area contributed by atoms with E-state index >= 15 is 0 Å². The number of nitrogens with one attached hydrogen (secondary N) is 1. The average molecular weight is 1600 g/mol. The predicted molar refractivity (Wildman–Crippen MR) is 442 cm³/mol. The van der Waals surface area contributed by atoms with E-state index < -0.39 is 23.8 Å². The Hall–Kier alpha value is -8.47. The summed E-state index contributed by atoms with van der Waals surface area (Å²) < 4.78 is 22.4. The third kappa shape index (κ3) is 40.2. The number of amides is 1. The smallest absolute Gasteiger partial charge is 0.307 e. The molecule has 1 aliphatic rings. The highest BCUT2D eigenvalue weighted by atomic mass is 33.1. The van der Waals surface area contributed by atoms with Crippen LogP contribution in [0.2, 0.25) is 0 Å². The van der Waals surface area contributed by atoms with Crippen molar-refractivity contribution in [1.82, 2.24) is 25.4 Å². The number of nitrogens with zero attached hydrogens (tertiary/aromatic N) is 6. The minimum absolute atomic E-state index is 0.0115. The summed E-state index contributed by atoms with van der Waals surface area (Å²) in [4.78, 5) is 106. The van der Waals surface area contributed by atoms with Crippen molar-refractivity contribution in [3.8, 4) is 23.0 Å². The van der Waals surface area contributed by atoms with Crippen molar-refractivity contribution in [2.75, 3.05) is 57.8 Å². The van der Waals surface area contributed by atoms with Gasteiger partial charge in [-0.05, 0) is 262 Å². The van der Waals surface area contributed by atoms with Gasteiger partial charge in [0.05, 0.1) is 49.7 Å². The first-order chi connectivity index (χ1) is 52.8. The normalized spacial score (nSPS) is 13.1. The molecule has 0 bridgehead atoms. The lowest BCUT2D eigenvalue weighted by molar-refractivity contribution is -0.151. The second-order valence-corrected chi connectivity index (χ2v) is 32.2. The van der Waals surface area contributed by atoms with Crippen molar-refractivity contribution in [2.45, 2.75) is 158 Å². The molecule has 0 spiro atoms. The third-order valence-electron chi connectivity index (χ3n) is 16.2. The van der Waals surface area contributed by atoms with Crippen LogP contribution >= 0.6 is 64.8 Å².